The van der Waals surface area contributed by atoms with Crippen LogP contribution in [0.15, 0.2) is 0 Å². The fourth-order valence-corrected chi connectivity index (χ4v) is 0. The molecular weight excluding hydrogens is 100 g/mol. The first kappa shape index (κ1) is 6.55. The Morgan fingerprint density at radius 1 is 1.43 bits per heavy atom. The predicted molar refractivity (Wildman–Crippen MR) is 20.1 cm³/mol. The average molecular weight is 106 g/mol. The maximum Gasteiger partial charge on any atom is 0.338 e. The second-order valence-corrected chi connectivity index (χ2v) is 1.19. The van der Waals surface area contributed by atoms with Crippen LogP contribution in [0.25, 0.3) is 0 Å². The minimum absolute atomic E-state index is 0.861. The maximum absolute atomic E-state index is 9.72. The van der Waals surface area contributed by atoms with Crippen molar-refractivity contribution in [2.75, 3.05) is 0 Å². The van der Waals surface area contributed by atoms with Gasteiger partial charge in [0.2, 0.25) is 5.78 Å². The van der Waals surface area contributed by atoms with E-state index in [1.54, 1.807) is 0 Å². The van der Waals surface area contributed by atoms with Crippen molar-refractivity contribution in [3.8, 4) is 0 Å². The number of ketones is 1. The lowest BCUT2D eigenvalue weighted by Crippen LogP contribution is -2.35. The standard InChI is InChI=1S/C3H6O4/c1-2(4)3(5,6)7/h5-7H,1H3. The molecular formula is C3H6O4. The van der Waals surface area contributed by atoms with Crippen molar-refractivity contribution in [2.45, 2.75) is 12.9 Å². The Kier molecular flexibility index (Phi) is 1.47. The van der Waals surface area contributed by atoms with E-state index in [4.69, 9.17) is 15.3 Å². The molecule has 0 rings (SSSR count). The zero-order valence-corrected chi connectivity index (χ0v) is 3.75. The van der Waals surface area contributed by atoms with Crippen molar-refractivity contribution in [1.29, 1.82) is 0 Å². The Labute approximate surface area is 40.0 Å². The fourth-order valence-electron chi connectivity index (χ4n) is 0. The van der Waals surface area contributed by atoms with Gasteiger partial charge in [0.1, 0.15) is 0 Å². The molecule has 4 nitrogen and oxygen atoms in total. The van der Waals surface area contributed by atoms with Crippen molar-refractivity contribution in [1.82, 2.24) is 0 Å². The molecule has 3 N–H and O–H groups in total. The summed E-state index contributed by atoms with van der Waals surface area (Å²) in [5.41, 5.74) is 0. The van der Waals surface area contributed by atoms with Gasteiger partial charge in [-0.25, -0.2) is 0 Å². The van der Waals surface area contributed by atoms with Crippen LogP contribution < -0.4 is 0 Å². The maximum atomic E-state index is 9.72. The number of rotatable bonds is 1. The molecule has 0 aromatic heterocycles. The van der Waals surface area contributed by atoms with Gasteiger partial charge in [0.25, 0.3) is 0 Å². The highest BCUT2D eigenvalue weighted by atomic mass is 16.7. The molecule has 42 valence electrons. The summed E-state index contributed by atoms with van der Waals surface area (Å²) >= 11 is 0. The molecule has 0 unspecified atom stereocenters. The summed E-state index contributed by atoms with van der Waals surface area (Å²) in [4.78, 5) is 9.72. The Morgan fingerprint density at radius 2 is 1.57 bits per heavy atom. The highest BCUT2D eigenvalue weighted by Gasteiger charge is 2.24. The van der Waals surface area contributed by atoms with Gasteiger partial charge < -0.3 is 15.3 Å². The summed E-state index contributed by atoms with van der Waals surface area (Å²) in [6.45, 7) is 0.861. The van der Waals surface area contributed by atoms with Crippen LogP contribution in [0.3, 0.4) is 0 Å². The zero-order chi connectivity index (χ0) is 6.08. The van der Waals surface area contributed by atoms with Crippen molar-refractivity contribution in [3.63, 3.8) is 0 Å². The van der Waals surface area contributed by atoms with Gasteiger partial charge in [-0.2, -0.15) is 0 Å². The highest BCUT2D eigenvalue weighted by molar-refractivity contribution is 5.80. The Morgan fingerprint density at radius 3 is 1.57 bits per heavy atom. The van der Waals surface area contributed by atoms with Gasteiger partial charge in [0.05, 0.1) is 0 Å². The van der Waals surface area contributed by atoms with Crippen LogP contribution in [-0.4, -0.2) is 27.1 Å². The summed E-state index contributed by atoms with van der Waals surface area (Å²) in [6, 6.07) is 0. The smallest absolute Gasteiger partial charge is 0.337 e. The summed E-state index contributed by atoms with van der Waals surface area (Å²) in [5, 5.41) is 23.6. The minimum Gasteiger partial charge on any atom is -0.337 e. The predicted octanol–water partition coefficient (Wildman–Crippen LogP) is -1.79. The van der Waals surface area contributed by atoms with E-state index in [1.807, 2.05) is 0 Å². The summed E-state index contributed by atoms with van der Waals surface area (Å²) < 4.78 is 0. The summed E-state index contributed by atoms with van der Waals surface area (Å²) in [5.74, 6) is -4.23. The first-order chi connectivity index (χ1) is 2.94. The molecule has 4 heteroatoms. The van der Waals surface area contributed by atoms with E-state index >= 15 is 0 Å². The summed E-state index contributed by atoms with van der Waals surface area (Å²) in [7, 11) is 0. The van der Waals surface area contributed by atoms with Crippen molar-refractivity contribution >= 4 is 5.78 Å². The van der Waals surface area contributed by atoms with Gasteiger partial charge >= 0.3 is 5.97 Å². The molecule has 0 saturated heterocycles. The summed E-state index contributed by atoms with van der Waals surface area (Å²) in [6.07, 6.45) is 0. The van der Waals surface area contributed by atoms with E-state index in [2.05, 4.69) is 0 Å². The molecule has 0 saturated carbocycles. The van der Waals surface area contributed by atoms with E-state index in [9.17, 15) is 4.79 Å². The third-order valence-corrected chi connectivity index (χ3v) is 0.472. The number of hydrogen-bond donors (Lipinski definition) is 3. The number of hydrogen-bond acceptors (Lipinski definition) is 4. The first-order valence-corrected chi connectivity index (χ1v) is 1.62. The Hall–Kier alpha value is -0.450. The second kappa shape index (κ2) is 1.57. The van der Waals surface area contributed by atoms with Crippen LogP contribution >= 0.6 is 0 Å². The first-order valence-electron chi connectivity index (χ1n) is 1.62. The van der Waals surface area contributed by atoms with E-state index in [1.165, 1.54) is 0 Å². The molecule has 0 heterocycles. The normalized spacial score (nSPS) is 11.4. The van der Waals surface area contributed by atoms with Gasteiger partial charge in [-0.3, -0.25) is 4.79 Å². The quantitative estimate of drug-likeness (QED) is 0.345. The van der Waals surface area contributed by atoms with Gasteiger partial charge in [-0.1, -0.05) is 0 Å². The molecule has 0 aliphatic carbocycles. The molecule has 0 aromatic carbocycles. The largest absolute Gasteiger partial charge is 0.338 e. The minimum atomic E-state index is -3.14. The van der Waals surface area contributed by atoms with Crippen molar-refractivity contribution in [2.24, 2.45) is 0 Å². The molecule has 0 aliphatic rings. The Balaban J connectivity index is 3.79. The van der Waals surface area contributed by atoms with Gasteiger partial charge in [0, 0.05) is 6.92 Å². The molecule has 0 aromatic rings. The van der Waals surface area contributed by atoms with Crippen LogP contribution in [0, 0.1) is 0 Å². The molecule has 0 aliphatic heterocycles. The molecule has 0 spiro atoms. The van der Waals surface area contributed by atoms with Gasteiger partial charge in [-0.15, -0.1) is 0 Å². The average Bonchev–Trinajstić information content (AvgIpc) is 1.31. The lowest BCUT2D eigenvalue weighted by atomic mass is 10.4. The van der Waals surface area contributed by atoms with Crippen LogP contribution in [0.4, 0.5) is 0 Å². The molecule has 0 fully saturated rings. The van der Waals surface area contributed by atoms with E-state index in [0.29, 0.717) is 0 Å². The third kappa shape index (κ3) is 2.27. The number of carbonyl (C=O) groups excluding carboxylic acids is 1. The number of Topliss-reactive ketones (excluding diaryl/α,β-unsaturated/α-hetero) is 1. The molecule has 0 atom stereocenters. The monoisotopic (exact) mass is 106 g/mol. The van der Waals surface area contributed by atoms with Crippen LogP contribution in [0.2, 0.25) is 0 Å². The molecule has 0 amide bonds. The van der Waals surface area contributed by atoms with E-state index in [0.717, 1.165) is 6.92 Å². The number of aliphatic hydroxyl groups is 3. The molecule has 0 bridgehead atoms. The van der Waals surface area contributed by atoms with E-state index in [-0.39, 0.29) is 0 Å². The lowest BCUT2D eigenvalue weighted by Gasteiger charge is -2.06. The SMILES string of the molecule is CC(=O)C(O)(O)O. The van der Waals surface area contributed by atoms with Crippen LogP contribution in [-0.2, 0) is 4.79 Å². The number of carbonyl (C=O) groups is 1. The molecule has 0 radical (unpaired) electrons. The van der Waals surface area contributed by atoms with Crippen LogP contribution in [0.5, 0.6) is 0 Å². The van der Waals surface area contributed by atoms with Gasteiger partial charge in [0.15, 0.2) is 0 Å². The highest BCUT2D eigenvalue weighted by Crippen LogP contribution is 1.90. The molecule has 7 heavy (non-hydrogen) atoms. The van der Waals surface area contributed by atoms with Crippen LogP contribution in [0.1, 0.15) is 6.92 Å². The Bertz CT molecular complexity index is 79.4. The zero-order valence-electron chi connectivity index (χ0n) is 3.75. The van der Waals surface area contributed by atoms with Gasteiger partial charge in [-0.05, 0) is 0 Å². The van der Waals surface area contributed by atoms with E-state index < -0.39 is 11.8 Å². The fraction of sp³-hybridized carbons (Fsp3) is 0.667. The topological polar surface area (TPSA) is 77.8 Å². The third-order valence-electron chi connectivity index (χ3n) is 0.472. The van der Waals surface area contributed by atoms with Crippen molar-refractivity contribution < 1.29 is 20.1 Å². The lowest BCUT2D eigenvalue weighted by molar-refractivity contribution is -0.285. The second-order valence-electron chi connectivity index (χ2n) is 1.19. The van der Waals surface area contributed by atoms with Crippen molar-refractivity contribution in [3.05, 3.63) is 0 Å².